The van der Waals surface area contributed by atoms with Gasteiger partial charge in [0.2, 0.25) is 5.91 Å². The number of aromatic nitrogens is 3. The Morgan fingerprint density at radius 3 is 2.46 bits per heavy atom. The smallest absolute Gasteiger partial charge is 0.338 e. The third-order valence-corrected chi connectivity index (χ3v) is 6.86. The summed E-state index contributed by atoms with van der Waals surface area (Å²) in [6, 6.07) is 13.1. The summed E-state index contributed by atoms with van der Waals surface area (Å²) < 4.78 is 7.12. The van der Waals surface area contributed by atoms with Gasteiger partial charge in [0.05, 0.1) is 34.0 Å². The number of ether oxygens (including phenoxy) is 1. The summed E-state index contributed by atoms with van der Waals surface area (Å²) in [4.78, 5) is 37.9. The third-order valence-electron chi connectivity index (χ3n) is 5.56. The quantitative estimate of drug-likeness (QED) is 0.209. The van der Waals surface area contributed by atoms with Gasteiger partial charge in [-0.05, 0) is 63.4 Å². The van der Waals surface area contributed by atoms with Crippen molar-refractivity contribution in [1.29, 1.82) is 0 Å². The number of halogens is 1. The lowest BCUT2D eigenvalue weighted by Crippen LogP contribution is -2.31. The van der Waals surface area contributed by atoms with Crippen LogP contribution in [0, 0.1) is 5.92 Å². The van der Waals surface area contributed by atoms with E-state index in [2.05, 4.69) is 34.7 Å². The molecule has 11 heteroatoms. The molecule has 2 N–H and O–H groups in total. The number of carbonyl (C=O) groups is 3. The van der Waals surface area contributed by atoms with Gasteiger partial charge in [0.1, 0.15) is 0 Å². The fourth-order valence-electron chi connectivity index (χ4n) is 3.88. The van der Waals surface area contributed by atoms with Crippen LogP contribution in [0.4, 0.5) is 5.69 Å². The topological polar surface area (TPSA) is 115 Å². The molecule has 2 amide bonds. The first kappa shape index (κ1) is 30.2. The molecule has 0 fully saturated rings. The van der Waals surface area contributed by atoms with Crippen molar-refractivity contribution in [3.63, 3.8) is 0 Å². The molecule has 0 saturated carbocycles. The first-order valence-electron chi connectivity index (χ1n) is 12.8. The zero-order chi connectivity index (χ0) is 28.5. The van der Waals surface area contributed by atoms with Gasteiger partial charge < -0.3 is 19.9 Å². The first-order chi connectivity index (χ1) is 18.6. The molecule has 0 bridgehead atoms. The minimum atomic E-state index is -0.448. The maximum Gasteiger partial charge on any atom is 0.338 e. The maximum atomic E-state index is 13.0. The lowest BCUT2D eigenvalue weighted by molar-refractivity contribution is -0.113. The van der Waals surface area contributed by atoms with Crippen molar-refractivity contribution < 1.29 is 19.1 Å². The summed E-state index contributed by atoms with van der Waals surface area (Å²) in [5, 5.41) is 15.5. The third kappa shape index (κ3) is 8.56. The van der Waals surface area contributed by atoms with Gasteiger partial charge in [-0.25, -0.2) is 4.79 Å². The molecule has 3 aromatic rings. The van der Waals surface area contributed by atoms with Crippen molar-refractivity contribution in [2.45, 2.75) is 64.9 Å². The number of benzene rings is 2. The van der Waals surface area contributed by atoms with Crippen molar-refractivity contribution in [2.75, 3.05) is 11.1 Å². The van der Waals surface area contributed by atoms with E-state index in [9.17, 15) is 14.4 Å². The molecule has 1 aromatic heterocycles. The second-order valence-corrected chi connectivity index (χ2v) is 10.9. The van der Waals surface area contributed by atoms with Crippen LogP contribution in [-0.2, 0) is 16.1 Å². The lowest BCUT2D eigenvalue weighted by Gasteiger charge is -2.21. The standard InChI is InChI=1S/C28H34ClN5O4S/c1-6-34-25(23(14-17(2)3)31-26(36)21-12-7-8-13-22(21)29)32-33-28(34)39-16-24(35)30-20-11-9-10-19(15-20)27(37)38-18(4)5/h7-13,15,17-18,23H,6,14,16H2,1-5H3,(H,30,35)(H,31,36)/t23-/m0/s1. The molecule has 0 aliphatic carbocycles. The van der Waals surface area contributed by atoms with Crippen LogP contribution in [0.5, 0.6) is 0 Å². The highest BCUT2D eigenvalue weighted by atomic mass is 35.5. The molecule has 2 aromatic carbocycles. The Bertz CT molecular complexity index is 1310. The average molecular weight is 572 g/mol. The number of hydrogen-bond donors (Lipinski definition) is 2. The number of carbonyl (C=O) groups excluding carboxylic acids is 3. The van der Waals surface area contributed by atoms with Crippen molar-refractivity contribution >= 4 is 46.8 Å². The molecule has 0 unspecified atom stereocenters. The average Bonchev–Trinajstić information content (AvgIpc) is 3.29. The second kappa shape index (κ2) is 14.1. The van der Waals surface area contributed by atoms with E-state index >= 15 is 0 Å². The van der Waals surface area contributed by atoms with E-state index in [1.807, 2.05) is 11.5 Å². The number of hydrogen-bond acceptors (Lipinski definition) is 7. The molecular weight excluding hydrogens is 538 g/mol. The minimum absolute atomic E-state index is 0.0830. The van der Waals surface area contributed by atoms with Gasteiger partial charge in [-0.2, -0.15) is 0 Å². The van der Waals surface area contributed by atoms with E-state index in [4.69, 9.17) is 16.3 Å². The predicted octanol–water partition coefficient (Wildman–Crippen LogP) is 5.76. The Hall–Kier alpha value is -3.37. The van der Waals surface area contributed by atoms with Gasteiger partial charge >= 0.3 is 5.97 Å². The maximum absolute atomic E-state index is 13.0. The number of amides is 2. The van der Waals surface area contributed by atoms with Crippen molar-refractivity contribution in [3.8, 4) is 0 Å². The van der Waals surface area contributed by atoms with E-state index in [1.165, 1.54) is 11.8 Å². The molecule has 208 valence electrons. The molecular formula is C28H34ClN5O4S. The molecule has 1 heterocycles. The Kier molecular flexibility index (Phi) is 10.9. The van der Waals surface area contributed by atoms with E-state index in [1.54, 1.807) is 62.4 Å². The van der Waals surface area contributed by atoms with Gasteiger partial charge in [-0.1, -0.05) is 55.4 Å². The monoisotopic (exact) mass is 571 g/mol. The number of esters is 1. The van der Waals surface area contributed by atoms with Crippen molar-refractivity contribution in [2.24, 2.45) is 5.92 Å². The zero-order valence-corrected chi connectivity index (χ0v) is 24.3. The summed E-state index contributed by atoms with van der Waals surface area (Å²) in [6.07, 6.45) is 0.410. The van der Waals surface area contributed by atoms with Crippen LogP contribution in [0.1, 0.15) is 73.6 Å². The Morgan fingerprint density at radius 2 is 1.79 bits per heavy atom. The highest BCUT2D eigenvalue weighted by Gasteiger charge is 2.25. The van der Waals surface area contributed by atoms with Crippen molar-refractivity contribution in [1.82, 2.24) is 20.1 Å². The molecule has 1 atom stereocenters. The van der Waals surface area contributed by atoms with Crippen molar-refractivity contribution in [3.05, 3.63) is 70.5 Å². The van der Waals surface area contributed by atoms with Crippen LogP contribution in [0.3, 0.4) is 0 Å². The Morgan fingerprint density at radius 1 is 1.05 bits per heavy atom. The van der Waals surface area contributed by atoms with Crippen LogP contribution in [-0.4, -0.2) is 44.4 Å². The van der Waals surface area contributed by atoms with Gasteiger partial charge in [-0.15, -0.1) is 10.2 Å². The normalized spacial score (nSPS) is 11.9. The van der Waals surface area contributed by atoms with E-state index < -0.39 is 12.0 Å². The summed E-state index contributed by atoms with van der Waals surface area (Å²) in [5.74, 6) is -0.0153. The number of thioether (sulfide) groups is 1. The highest BCUT2D eigenvalue weighted by Crippen LogP contribution is 2.26. The highest BCUT2D eigenvalue weighted by molar-refractivity contribution is 7.99. The molecule has 9 nitrogen and oxygen atoms in total. The summed E-state index contributed by atoms with van der Waals surface area (Å²) >= 11 is 7.48. The van der Waals surface area contributed by atoms with Crippen LogP contribution < -0.4 is 10.6 Å². The largest absolute Gasteiger partial charge is 0.459 e. The summed E-state index contributed by atoms with van der Waals surface area (Å²) in [6.45, 7) is 10.2. The Balaban J connectivity index is 1.70. The summed E-state index contributed by atoms with van der Waals surface area (Å²) in [7, 11) is 0. The lowest BCUT2D eigenvalue weighted by atomic mass is 10.0. The summed E-state index contributed by atoms with van der Waals surface area (Å²) in [5.41, 5.74) is 1.25. The van der Waals surface area contributed by atoms with Gasteiger partial charge in [-0.3, -0.25) is 9.59 Å². The fraction of sp³-hybridized carbons (Fsp3) is 0.393. The predicted molar refractivity (Wildman–Crippen MR) is 153 cm³/mol. The van der Waals surface area contributed by atoms with Gasteiger partial charge in [0.15, 0.2) is 11.0 Å². The van der Waals surface area contributed by atoms with E-state index in [0.717, 1.165) is 0 Å². The molecule has 0 radical (unpaired) electrons. The second-order valence-electron chi connectivity index (χ2n) is 9.59. The van der Waals surface area contributed by atoms with Crippen LogP contribution >= 0.6 is 23.4 Å². The molecule has 39 heavy (non-hydrogen) atoms. The number of anilines is 1. The first-order valence-corrected chi connectivity index (χ1v) is 14.2. The van der Waals surface area contributed by atoms with Crippen LogP contribution in [0.25, 0.3) is 0 Å². The molecule has 3 rings (SSSR count). The minimum Gasteiger partial charge on any atom is -0.459 e. The number of nitrogens with zero attached hydrogens (tertiary/aromatic N) is 3. The molecule has 0 saturated heterocycles. The zero-order valence-electron chi connectivity index (χ0n) is 22.7. The number of nitrogens with one attached hydrogen (secondary N) is 2. The molecule has 0 aliphatic rings. The number of rotatable bonds is 12. The van der Waals surface area contributed by atoms with Crippen LogP contribution in [0.15, 0.2) is 53.7 Å². The Labute approximate surface area is 238 Å². The molecule has 0 aliphatic heterocycles. The van der Waals surface area contributed by atoms with E-state index in [-0.39, 0.29) is 29.6 Å². The van der Waals surface area contributed by atoms with Crippen LogP contribution in [0.2, 0.25) is 5.02 Å². The van der Waals surface area contributed by atoms with Gasteiger partial charge in [0.25, 0.3) is 5.91 Å². The van der Waals surface area contributed by atoms with Gasteiger partial charge in [0, 0.05) is 12.2 Å². The molecule has 0 spiro atoms. The van der Waals surface area contributed by atoms with E-state index in [0.29, 0.717) is 45.8 Å². The SMILES string of the molecule is CCn1c(SCC(=O)Nc2cccc(C(=O)OC(C)C)c2)nnc1[C@H](CC(C)C)NC(=O)c1ccccc1Cl. The fourth-order valence-corrected chi connectivity index (χ4v) is 4.91.